The predicted octanol–water partition coefficient (Wildman–Crippen LogP) is 1.90. The topological polar surface area (TPSA) is 43.8 Å². The van der Waals surface area contributed by atoms with Gasteiger partial charge in [0, 0.05) is 24.1 Å². The van der Waals surface area contributed by atoms with Crippen molar-refractivity contribution in [1.82, 2.24) is 9.55 Å². The summed E-state index contributed by atoms with van der Waals surface area (Å²) >= 11 is 0. The molecule has 1 heterocycles. The lowest BCUT2D eigenvalue weighted by molar-refractivity contribution is 0.621. The Morgan fingerprint density at radius 1 is 1.50 bits per heavy atom. The Labute approximate surface area is 93.7 Å². The third kappa shape index (κ3) is 2.28. The third-order valence-corrected chi connectivity index (χ3v) is 2.37. The highest BCUT2D eigenvalue weighted by Gasteiger charge is 2.07. The molecule has 0 aliphatic rings. The monoisotopic (exact) mass is 219 g/mol. The Kier molecular flexibility index (Phi) is 3.01. The SMILES string of the molecule is CC(N)Cc1cc(F)ccc1-n1ccnc1. The Balaban J connectivity index is 2.44. The van der Waals surface area contributed by atoms with E-state index in [4.69, 9.17) is 5.73 Å². The standard InChI is InChI=1S/C12H14FN3/c1-9(14)6-10-7-11(13)2-3-12(10)16-5-4-15-8-16/h2-5,7-9H,6,14H2,1H3. The molecule has 1 unspecified atom stereocenters. The van der Waals surface area contributed by atoms with E-state index in [0.717, 1.165) is 11.3 Å². The highest BCUT2D eigenvalue weighted by molar-refractivity contribution is 5.41. The maximum absolute atomic E-state index is 13.2. The fraction of sp³-hybridized carbons (Fsp3) is 0.250. The molecule has 0 aliphatic carbocycles. The van der Waals surface area contributed by atoms with Crippen LogP contribution in [0.3, 0.4) is 0 Å². The van der Waals surface area contributed by atoms with Gasteiger partial charge in [-0.3, -0.25) is 0 Å². The summed E-state index contributed by atoms with van der Waals surface area (Å²) in [4.78, 5) is 3.98. The second-order valence-corrected chi connectivity index (χ2v) is 3.92. The molecule has 2 rings (SSSR count). The molecule has 16 heavy (non-hydrogen) atoms. The molecule has 3 nitrogen and oxygen atoms in total. The summed E-state index contributed by atoms with van der Waals surface area (Å²) in [7, 11) is 0. The Bertz CT molecular complexity index is 463. The van der Waals surface area contributed by atoms with Crippen molar-refractivity contribution in [3.05, 3.63) is 48.3 Å². The van der Waals surface area contributed by atoms with E-state index < -0.39 is 0 Å². The normalized spacial score (nSPS) is 12.7. The van der Waals surface area contributed by atoms with Crippen molar-refractivity contribution in [3.63, 3.8) is 0 Å². The van der Waals surface area contributed by atoms with Crippen LogP contribution in [0.2, 0.25) is 0 Å². The van der Waals surface area contributed by atoms with E-state index in [-0.39, 0.29) is 11.9 Å². The highest BCUT2D eigenvalue weighted by atomic mass is 19.1. The van der Waals surface area contributed by atoms with Crippen molar-refractivity contribution in [2.24, 2.45) is 5.73 Å². The number of nitrogens with two attached hydrogens (primary N) is 1. The molecule has 0 bridgehead atoms. The first-order valence-corrected chi connectivity index (χ1v) is 5.19. The van der Waals surface area contributed by atoms with Crippen molar-refractivity contribution < 1.29 is 4.39 Å². The maximum Gasteiger partial charge on any atom is 0.123 e. The summed E-state index contributed by atoms with van der Waals surface area (Å²) in [5.74, 6) is -0.237. The van der Waals surface area contributed by atoms with Gasteiger partial charge < -0.3 is 10.3 Å². The molecule has 0 spiro atoms. The van der Waals surface area contributed by atoms with Gasteiger partial charge in [-0.15, -0.1) is 0 Å². The molecule has 0 saturated carbocycles. The number of hydrogen-bond acceptors (Lipinski definition) is 2. The Morgan fingerprint density at radius 2 is 2.31 bits per heavy atom. The molecular formula is C12H14FN3. The van der Waals surface area contributed by atoms with Crippen molar-refractivity contribution in [2.45, 2.75) is 19.4 Å². The van der Waals surface area contributed by atoms with Crippen LogP contribution in [0.25, 0.3) is 5.69 Å². The summed E-state index contributed by atoms with van der Waals surface area (Å²) in [6.45, 7) is 1.91. The van der Waals surface area contributed by atoms with Crippen LogP contribution in [-0.2, 0) is 6.42 Å². The van der Waals surface area contributed by atoms with Crippen molar-refractivity contribution in [1.29, 1.82) is 0 Å². The zero-order valence-electron chi connectivity index (χ0n) is 9.10. The van der Waals surface area contributed by atoms with Crippen LogP contribution < -0.4 is 5.73 Å². The maximum atomic E-state index is 13.2. The number of imidazole rings is 1. The van der Waals surface area contributed by atoms with Gasteiger partial charge >= 0.3 is 0 Å². The lowest BCUT2D eigenvalue weighted by atomic mass is 10.1. The summed E-state index contributed by atoms with van der Waals surface area (Å²) in [6, 6.07) is 4.72. The first kappa shape index (κ1) is 10.8. The van der Waals surface area contributed by atoms with Gasteiger partial charge in [-0.05, 0) is 37.1 Å². The van der Waals surface area contributed by atoms with Crippen LogP contribution in [0.4, 0.5) is 4.39 Å². The van der Waals surface area contributed by atoms with E-state index in [1.165, 1.54) is 12.1 Å². The van der Waals surface area contributed by atoms with E-state index in [1.54, 1.807) is 18.6 Å². The second kappa shape index (κ2) is 4.45. The number of benzene rings is 1. The summed E-state index contributed by atoms with van der Waals surface area (Å²) in [6.07, 6.45) is 5.86. The Hall–Kier alpha value is -1.68. The van der Waals surface area contributed by atoms with Gasteiger partial charge in [0.25, 0.3) is 0 Å². The first-order valence-electron chi connectivity index (χ1n) is 5.19. The van der Waals surface area contributed by atoms with Gasteiger partial charge in [0.15, 0.2) is 0 Å². The van der Waals surface area contributed by atoms with Crippen molar-refractivity contribution in [2.75, 3.05) is 0 Å². The van der Waals surface area contributed by atoms with Gasteiger partial charge in [-0.25, -0.2) is 9.37 Å². The number of halogens is 1. The molecule has 0 fully saturated rings. The number of nitrogens with zero attached hydrogens (tertiary/aromatic N) is 2. The van der Waals surface area contributed by atoms with Crippen LogP contribution in [0.15, 0.2) is 36.9 Å². The van der Waals surface area contributed by atoms with Crippen molar-refractivity contribution in [3.8, 4) is 5.69 Å². The molecule has 84 valence electrons. The average molecular weight is 219 g/mol. The minimum absolute atomic E-state index is 0.00377. The fourth-order valence-electron chi connectivity index (χ4n) is 1.72. The van der Waals surface area contributed by atoms with E-state index >= 15 is 0 Å². The largest absolute Gasteiger partial charge is 0.328 e. The van der Waals surface area contributed by atoms with Crippen LogP contribution in [0.1, 0.15) is 12.5 Å². The first-order chi connectivity index (χ1) is 7.66. The molecule has 0 saturated heterocycles. The van der Waals surface area contributed by atoms with Crippen LogP contribution in [0, 0.1) is 5.82 Å². The predicted molar refractivity (Wildman–Crippen MR) is 60.9 cm³/mol. The molecule has 2 aromatic rings. The van der Waals surface area contributed by atoms with Gasteiger partial charge in [0.1, 0.15) is 5.82 Å². The molecule has 0 radical (unpaired) electrons. The number of rotatable bonds is 3. The fourth-order valence-corrected chi connectivity index (χ4v) is 1.72. The average Bonchev–Trinajstić information content (AvgIpc) is 2.69. The van der Waals surface area contributed by atoms with Gasteiger partial charge in [0.05, 0.1) is 6.33 Å². The zero-order valence-corrected chi connectivity index (χ0v) is 9.10. The lowest BCUT2D eigenvalue weighted by Crippen LogP contribution is -2.19. The van der Waals surface area contributed by atoms with E-state index in [1.807, 2.05) is 17.7 Å². The van der Waals surface area contributed by atoms with Crippen molar-refractivity contribution >= 4 is 0 Å². The Morgan fingerprint density at radius 3 is 2.94 bits per heavy atom. The lowest BCUT2D eigenvalue weighted by Gasteiger charge is -2.12. The molecule has 4 heteroatoms. The highest BCUT2D eigenvalue weighted by Crippen LogP contribution is 2.17. The smallest absolute Gasteiger partial charge is 0.123 e. The van der Waals surface area contributed by atoms with E-state index in [9.17, 15) is 4.39 Å². The summed E-state index contributed by atoms with van der Waals surface area (Å²) < 4.78 is 15.0. The van der Waals surface area contributed by atoms with Gasteiger partial charge in [-0.2, -0.15) is 0 Å². The minimum atomic E-state index is -0.237. The third-order valence-electron chi connectivity index (χ3n) is 2.37. The molecule has 1 atom stereocenters. The number of aromatic nitrogens is 2. The van der Waals surface area contributed by atoms with Gasteiger partial charge in [-0.1, -0.05) is 0 Å². The summed E-state index contributed by atoms with van der Waals surface area (Å²) in [5.41, 5.74) is 7.57. The molecule has 0 amide bonds. The molecule has 0 aliphatic heterocycles. The zero-order chi connectivity index (χ0) is 11.5. The van der Waals surface area contributed by atoms with Crippen LogP contribution in [-0.4, -0.2) is 15.6 Å². The van der Waals surface area contributed by atoms with Gasteiger partial charge in [0.2, 0.25) is 0 Å². The molecule has 1 aromatic carbocycles. The van der Waals surface area contributed by atoms with Crippen LogP contribution >= 0.6 is 0 Å². The van der Waals surface area contributed by atoms with E-state index in [0.29, 0.717) is 6.42 Å². The quantitative estimate of drug-likeness (QED) is 0.856. The molecule has 1 aromatic heterocycles. The second-order valence-electron chi connectivity index (χ2n) is 3.92. The van der Waals surface area contributed by atoms with E-state index in [2.05, 4.69) is 4.98 Å². The molecule has 2 N–H and O–H groups in total. The summed E-state index contributed by atoms with van der Waals surface area (Å²) in [5, 5.41) is 0. The molecular weight excluding hydrogens is 205 g/mol. The minimum Gasteiger partial charge on any atom is -0.328 e. The number of hydrogen-bond donors (Lipinski definition) is 1. The van der Waals surface area contributed by atoms with Crippen LogP contribution in [0.5, 0.6) is 0 Å².